The Kier molecular flexibility index (Phi) is 7.87. The summed E-state index contributed by atoms with van der Waals surface area (Å²) in [6.45, 7) is 2.97. The summed E-state index contributed by atoms with van der Waals surface area (Å²) in [7, 11) is 0. The minimum Gasteiger partial charge on any atom is -0.508 e. The molecule has 0 saturated heterocycles. The van der Waals surface area contributed by atoms with Gasteiger partial charge in [0.2, 0.25) is 0 Å². The van der Waals surface area contributed by atoms with Crippen molar-refractivity contribution in [2.45, 2.75) is 38.5 Å². The van der Waals surface area contributed by atoms with Crippen molar-refractivity contribution in [1.82, 2.24) is 0 Å². The van der Waals surface area contributed by atoms with Gasteiger partial charge in [0.15, 0.2) is 0 Å². The van der Waals surface area contributed by atoms with Gasteiger partial charge in [0.25, 0.3) is 0 Å². The number of rotatable bonds is 10. The van der Waals surface area contributed by atoms with E-state index in [2.05, 4.69) is 43.3 Å². The summed E-state index contributed by atoms with van der Waals surface area (Å²) in [6, 6.07) is 31.5. The van der Waals surface area contributed by atoms with E-state index in [0.717, 1.165) is 46.6 Å². The van der Waals surface area contributed by atoms with Crippen molar-refractivity contribution < 1.29 is 14.9 Å². The maximum Gasteiger partial charge on any atom is 0.119 e. The predicted octanol–water partition coefficient (Wildman–Crippen LogP) is 7.90. The monoisotopic (exact) mass is 452 g/mol. The Morgan fingerprint density at radius 1 is 0.618 bits per heavy atom. The summed E-state index contributed by atoms with van der Waals surface area (Å²) in [5, 5.41) is 19.6. The number of unbranched alkanes of at least 4 members (excludes halogenated alkanes) is 3. The largest absolute Gasteiger partial charge is 0.508 e. The highest BCUT2D eigenvalue weighted by molar-refractivity contribution is 5.66. The molecule has 174 valence electrons. The van der Waals surface area contributed by atoms with E-state index < -0.39 is 0 Å². The van der Waals surface area contributed by atoms with Gasteiger partial charge in [-0.05, 0) is 70.6 Å². The van der Waals surface area contributed by atoms with E-state index in [4.69, 9.17) is 4.74 Å². The van der Waals surface area contributed by atoms with E-state index in [9.17, 15) is 10.2 Å². The predicted molar refractivity (Wildman–Crippen MR) is 139 cm³/mol. The lowest BCUT2D eigenvalue weighted by molar-refractivity contribution is 0.305. The highest BCUT2D eigenvalue weighted by Crippen LogP contribution is 2.35. The lowest BCUT2D eigenvalue weighted by Gasteiger charge is -2.20. The van der Waals surface area contributed by atoms with Crippen LogP contribution in [0.25, 0.3) is 11.1 Å². The summed E-state index contributed by atoms with van der Waals surface area (Å²) in [5.41, 5.74) is 5.56. The average molecular weight is 453 g/mol. The van der Waals surface area contributed by atoms with Crippen molar-refractivity contribution in [2.24, 2.45) is 0 Å². The Morgan fingerprint density at radius 3 is 1.82 bits per heavy atom. The van der Waals surface area contributed by atoms with Gasteiger partial charge in [0.05, 0.1) is 6.61 Å². The quantitative estimate of drug-likeness (QED) is 0.190. The van der Waals surface area contributed by atoms with E-state index in [0.29, 0.717) is 0 Å². The molecule has 0 aliphatic rings. The topological polar surface area (TPSA) is 49.7 Å². The zero-order valence-corrected chi connectivity index (χ0v) is 19.7. The highest BCUT2D eigenvalue weighted by atomic mass is 16.5. The summed E-state index contributed by atoms with van der Waals surface area (Å²) < 4.78 is 5.90. The molecule has 4 aromatic rings. The standard InChI is InChI=1S/C31H32O3/c1-2-3-4-5-21-34-30-19-13-23(14-20-30)26-7-6-8-27(22-26)31(24-9-15-28(32)16-10-24)25-11-17-29(33)18-12-25/h6-20,22,31-33H,2-5,21H2,1H3. The maximum atomic E-state index is 9.78. The van der Waals surface area contributed by atoms with Crippen molar-refractivity contribution in [2.75, 3.05) is 6.61 Å². The Labute approximate surface area is 202 Å². The summed E-state index contributed by atoms with van der Waals surface area (Å²) in [6.07, 6.45) is 4.79. The van der Waals surface area contributed by atoms with Crippen LogP contribution in [0.1, 0.15) is 55.2 Å². The molecule has 0 radical (unpaired) electrons. The number of benzene rings is 4. The van der Waals surface area contributed by atoms with E-state index in [1.165, 1.54) is 19.3 Å². The molecule has 2 N–H and O–H groups in total. The summed E-state index contributed by atoms with van der Waals surface area (Å²) in [5.74, 6) is 1.37. The molecule has 0 aliphatic heterocycles. The van der Waals surface area contributed by atoms with Gasteiger partial charge in [0, 0.05) is 5.92 Å². The fraction of sp³-hybridized carbons (Fsp3) is 0.226. The number of hydrogen-bond acceptors (Lipinski definition) is 3. The van der Waals surface area contributed by atoms with Gasteiger partial charge in [-0.3, -0.25) is 0 Å². The molecule has 4 rings (SSSR count). The van der Waals surface area contributed by atoms with Gasteiger partial charge in [-0.15, -0.1) is 0 Å². The molecule has 0 bridgehead atoms. The molecule has 3 heteroatoms. The van der Waals surface area contributed by atoms with E-state index in [1.807, 2.05) is 36.4 Å². The number of ether oxygens (including phenoxy) is 1. The van der Waals surface area contributed by atoms with Crippen molar-refractivity contribution >= 4 is 0 Å². The molecular weight excluding hydrogens is 420 g/mol. The van der Waals surface area contributed by atoms with Crippen LogP contribution in [0.4, 0.5) is 0 Å². The van der Waals surface area contributed by atoms with Crippen LogP contribution in [0, 0.1) is 0 Å². The van der Waals surface area contributed by atoms with Gasteiger partial charge >= 0.3 is 0 Å². The molecule has 0 atom stereocenters. The molecule has 0 fully saturated rings. The maximum absolute atomic E-state index is 9.78. The van der Waals surface area contributed by atoms with E-state index >= 15 is 0 Å². The third-order valence-corrected chi connectivity index (χ3v) is 6.13. The lowest BCUT2D eigenvalue weighted by Crippen LogP contribution is -2.03. The van der Waals surface area contributed by atoms with Crippen LogP contribution < -0.4 is 4.74 Å². The van der Waals surface area contributed by atoms with Gasteiger partial charge < -0.3 is 14.9 Å². The number of phenolic OH excluding ortho intramolecular Hbond substituents is 2. The van der Waals surface area contributed by atoms with Gasteiger partial charge in [0.1, 0.15) is 17.2 Å². The van der Waals surface area contributed by atoms with Crippen molar-refractivity contribution in [3.8, 4) is 28.4 Å². The first-order valence-electron chi connectivity index (χ1n) is 12.0. The molecule has 0 heterocycles. The number of hydrogen-bond donors (Lipinski definition) is 2. The first-order chi connectivity index (χ1) is 16.6. The molecular formula is C31H32O3. The molecule has 0 saturated carbocycles. The molecule has 0 spiro atoms. The van der Waals surface area contributed by atoms with Crippen LogP contribution in [0.15, 0.2) is 97.1 Å². The van der Waals surface area contributed by atoms with E-state index in [1.54, 1.807) is 24.3 Å². The molecule has 3 nitrogen and oxygen atoms in total. The number of aromatic hydroxyl groups is 2. The molecule has 0 amide bonds. The normalized spacial score (nSPS) is 11.0. The fourth-order valence-electron chi connectivity index (χ4n) is 4.27. The minimum atomic E-state index is -0.0214. The first kappa shape index (κ1) is 23.4. The Morgan fingerprint density at radius 2 is 1.24 bits per heavy atom. The fourth-order valence-corrected chi connectivity index (χ4v) is 4.27. The second-order valence-electron chi connectivity index (χ2n) is 8.68. The second-order valence-corrected chi connectivity index (χ2v) is 8.68. The molecule has 0 aliphatic carbocycles. The van der Waals surface area contributed by atoms with Crippen LogP contribution in [0.2, 0.25) is 0 Å². The van der Waals surface area contributed by atoms with Crippen LogP contribution in [0.5, 0.6) is 17.2 Å². The van der Waals surface area contributed by atoms with Gasteiger partial charge in [-0.2, -0.15) is 0 Å². The second kappa shape index (κ2) is 11.4. The van der Waals surface area contributed by atoms with Crippen molar-refractivity contribution in [3.05, 3.63) is 114 Å². The van der Waals surface area contributed by atoms with Gasteiger partial charge in [-0.1, -0.05) is 86.8 Å². The van der Waals surface area contributed by atoms with Gasteiger partial charge in [-0.25, -0.2) is 0 Å². The molecule has 4 aromatic carbocycles. The molecule has 0 unspecified atom stereocenters. The zero-order chi connectivity index (χ0) is 23.8. The lowest BCUT2D eigenvalue weighted by atomic mass is 9.84. The smallest absolute Gasteiger partial charge is 0.119 e. The first-order valence-corrected chi connectivity index (χ1v) is 12.0. The van der Waals surface area contributed by atoms with Crippen LogP contribution in [-0.4, -0.2) is 16.8 Å². The Hall–Kier alpha value is -3.72. The summed E-state index contributed by atoms with van der Waals surface area (Å²) >= 11 is 0. The minimum absolute atomic E-state index is 0.0214. The van der Waals surface area contributed by atoms with Crippen LogP contribution in [0.3, 0.4) is 0 Å². The summed E-state index contributed by atoms with van der Waals surface area (Å²) in [4.78, 5) is 0. The van der Waals surface area contributed by atoms with Crippen molar-refractivity contribution in [1.29, 1.82) is 0 Å². The van der Waals surface area contributed by atoms with Crippen LogP contribution in [-0.2, 0) is 0 Å². The van der Waals surface area contributed by atoms with Crippen molar-refractivity contribution in [3.63, 3.8) is 0 Å². The third-order valence-electron chi connectivity index (χ3n) is 6.13. The third kappa shape index (κ3) is 5.99. The van der Waals surface area contributed by atoms with Crippen LogP contribution >= 0.6 is 0 Å². The molecule has 0 aromatic heterocycles. The SMILES string of the molecule is CCCCCCOc1ccc(-c2cccc(C(c3ccc(O)cc3)c3ccc(O)cc3)c2)cc1. The Balaban J connectivity index is 1.58. The molecule has 34 heavy (non-hydrogen) atoms. The zero-order valence-electron chi connectivity index (χ0n) is 19.7. The Bertz CT molecular complexity index is 1120. The highest BCUT2D eigenvalue weighted by Gasteiger charge is 2.18. The van der Waals surface area contributed by atoms with E-state index in [-0.39, 0.29) is 17.4 Å². The number of phenols is 2. The average Bonchev–Trinajstić information content (AvgIpc) is 2.87.